The molecule has 1 aliphatic rings. The molecule has 1 aromatic rings. The third kappa shape index (κ3) is 2.14. The molecule has 0 fully saturated rings. The van der Waals surface area contributed by atoms with E-state index < -0.39 is 0 Å². The second-order valence-corrected chi connectivity index (χ2v) is 4.16. The average molecular weight is 244 g/mol. The van der Waals surface area contributed by atoms with E-state index in [2.05, 4.69) is 4.99 Å². The summed E-state index contributed by atoms with van der Waals surface area (Å²) in [6.07, 6.45) is 0. The predicted molar refractivity (Wildman–Crippen MR) is 70.3 cm³/mol. The summed E-state index contributed by atoms with van der Waals surface area (Å²) in [6, 6.07) is 9.69. The zero-order valence-corrected chi connectivity index (χ0v) is 10.8. The zero-order valence-electron chi connectivity index (χ0n) is 10.8. The minimum absolute atomic E-state index is 0.346. The van der Waals surface area contributed by atoms with E-state index in [4.69, 9.17) is 4.74 Å². The highest BCUT2D eigenvalue weighted by atomic mass is 16.5. The number of carbonyl (C=O) groups excluding carboxylic acids is 1. The number of carbonyl (C=O) groups is 1. The van der Waals surface area contributed by atoms with Crippen molar-refractivity contribution in [3.8, 4) is 0 Å². The van der Waals surface area contributed by atoms with E-state index in [1.165, 1.54) is 7.11 Å². The van der Waals surface area contributed by atoms with Crippen molar-refractivity contribution in [2.24, 2.45) is 4.99 Å². The summed E-state index contributed by atoms with van der Waals surface area (Å²) in [5, 5.41) is 0. The van der Waals surface area contributed by atoms with Crippen molar-refractivity contribution in [1.82, 2.24) is 4.90 Å². The van der Waals surface area contributed by atoms with E-state index in [9.17, 15) is 4.79 Å². The number of hydrogen-bond acceptors (Lipinski definition) is 4. The molecule has 1 aromatic carbocycles. The Morgan fingerprint density at radius 2 is 2.00 bits per heavy atom. The summed E-state index contributed by atoms with van der Waals surface area (Å²) in [7, 11) is 3.30. The number of nitrogens with zero attached hydrogens (tertiary/aromatic N) is 2. The summed E-state index contributed by atoms with van der Waals surface area (Å²) in [5.74, 6) is -0.346. The molecule has 0 aromatic heterocycles. The molecule has 0 amide bonds. The summed E-state index contributed by atoms with van der Waals surface area (Å²) < 4.78 is 4.86. The predicted octanol–water partition coefficient (Wildman–Crippen LogP) is 1.83. The first kappa shape index (κ1) is 12.4. The molecular formula is C14H16N2O2. The van der Waals surface area contributed by atoms with Crippen LogP contribution < -0.4 is 0 Å². The highest BCUT2D eigenvalue weighted by Gasteiger charge is 2.25. The van der Waals surface area contributed by atoms with Crippen LogP contribution in [0.15, 0.2) is 46.6 Å². The van der Waals surface area contributed by atoms with Gasteiger partial charge in [0.25, 0.3) is 0 Å². The molecule has 94 valence electrons. The van der Waals surface area contributed by atoms with Gasteiger partial charge in [0.2, 0.25) is 0 Å². The Labute approximate surface area is 107 Å². The fourth-order valence-corrected chi connectivity index (χ4v) is 1.90. The van der Waals surface area contributed by atoms with Gasteiger partial charge < -0.3 is 9.64 Å². The molecule has 0 aliphatic carbocycles. The molecule has 0 radical (unpaired) electrons. The Morgan fingerprint density at radius 3 is 2.61 bits per heavy atom. The van der Waals surface area contributed by atoms with Crippen LogP contribution >= 0.6 is 0 Å². The second kappa shape index (κ2) is 5.04. The largest absolute Gasteiger partial charge is 0.465 e. The van der Waals surface area contributed by atoms with Crippen LogP contribution in [0.2, 0.25) is 0 Å². The van der Waals surface area contributed by atoms with E-state index >= 15 is 0 Å². The van der Waals surface area contributed by atoms with Gasteiger partial charge in [-0.25, -0.2) is 4.79 Å². The minimum Gasteiger partial charge on any atom is -0.465 e. The quantitative estimate of drug-likeness (QED) is 0.745. The van der Waals surface area contributed by atoms with Crippen LogP contribution in [-0.2, 0) is 9.53 Å². The first-order valence-corrected chi connectivity index (χ1v) is 5.75. The minimum atomic E-state index is -0.346. The van der Waals surface area contributed by atoms with E-state index in [-0.39, 0.29) is 5.97 Å². The first-order chi connectivity index (χ1) is 8.65. The Kier molecular flexibility index (Phi) is 3.46. The SMILES string of the molecule is COC(=O)C1=C(C)N(C)CN=C1c1ccccc1. The maximum absolute atomic E-state index is 11.9. The highest BCUT2D eigenvalue weighted by Crippen LogP contribution is 2.21. The molecule has 4 heteroatoms. The Bertz CT molecular complexity index is 518. The van der Waals surface area contributed by atoms with Crippen LogP contribution in [0.5, 0.6) is 0 Å². The maximum atomic E-state index is 11.9. The van der Waals surface area contributed by atoms with Gasteiger partial charge in [-0.2, -0.15) is 0 Å². The zero-order chi connectivity index (χ0) is 13.1. The number of hydrogen-bond donors (Lipinski definition) is 0. The van der Waals surface area contributed by atoms with E-state index in [1.54, 1.807) is 0 Å². The topological polar surface area (TPSA) is 41.9 Å². The first-order valence-electron chi connectivity index (χ1n) is 5.75. The molecule has 0 N–H and O–H groups in total. The van der Waals surface area contributed by atoms with E-state index in [0.29, 0.717) is 18.0 Å². The number of aliphatic imine (C=N–C) groups is 1. The van der Waals surface area contributed by atoms with Gasteiger partial charge in [-0.15, -0.1) is 0 Å². The summed E-state index contributed by atoms with van der Waals surface area (Å²) in [4.78, 5) is 18.3. The highest BCUT2D eigenvalue weighted by molar-refractivity contribution is 6.27. The fourth-order valence-electron chi connectivity index (χ4n) is 1.90. The van der Waals surface area contributed by atoms with Gasteiger partial charge in [-0.05, 0) is 6.92 Å². The van der Waals surface area contributed by atoms with E-state index in [1.807, 2.05) is 49.2 Å². The lowest BCUT2D eigenvalue weighted by Gasteiger charge is -2.26. The number of methoxy groups -OCH3 is 1. The third-order valence-electron chi connectivity index (χ3n) is 3.05. The second-order valence-electron chi connectivity index (χ2n) is 4.16. The van der Waals surface area contributed by atoms with Crippen LogP contribution in [0, 0.1) is 0 Å². The number of allylic oxidation sites excluding steroid dienone is 1. The molecule has 0 spiro atoms. The van der Waals surface area contributed by atoms with Crippen LogP contribution in [0.4, 0.5) is 0 Å². The van der Waals surface area contributed by atoms with Crippen molar-refractivity contribution >= 4 is 11.7 Å². The fraction of sp³-hybridized carbons (Fsp3) is 0.286. The summed E-state index contributed by atoms with van der Waals surface area (Å²) in [6.45, 7) is 2.46. The van der Waals surface area contributed by atoms with Crippen LogP contribution in [0.3, 0.4) is 0 Å². The van der Waals surface area contributed by atoms with Gasteiger partial charge in [0, 0.05) is 18.3 Å². The third-order valence-corrected chi connectivity index (χ3v) is 3.05. The summed E-state index contributed by atoms with van der Waals surface area (Å²) >= 11 is 0. The molecule has 4 nitrogen and oxygen atoms in total. The van der Waals surface area contributed by atoms with Crippen LogP contribution in [0.1, 0.15) is 12.5 Å². The van der Waals surface area contributed by atoms with Gasteiger partial charge >= 0.3 is 5.97 Å². The lowest BCUT2D eigenvalue weighted by molar-refractivity contribution is -0.135. The Morgan fingerprint density at radius 1 is 1.33 bits per heavy atom. The van der Waals surface area contributed by atoms with Gasteiger partial charge in [0.1, 0.15) is 12.2 Å². The number of esters is 1. The molecule has 2 rings (SSSR count). The van der Waals surface area contributed by atoms with Gasteiger partial charge in [-0.3, -0.25) is 4.99 Å². The molecule has 0 atom stereocenters. The van der Waals surface area contributed by atoms with Crippen molar-refractivity contribution < 1.29 is 9.53 Å². The van der Waals surface area contributed by atoms with Crippen molar-refractivity contribution in [1.29, 1.82) is 0 Å². The Balaban J connectivity index is 2.50. The molecule has 0 unspecified atom stereocenters. The Hall–Kier alpha value is -2.10. The number of ether oxygens (including phenoxy) is 1. The number of rotatable bonds is 2. The van der Waals surface area contributed by atoms with Crippen molar-refractivity contribution in [3.63, 3.8) is 0 Å². The van der Waals surface area contributed by atoms with Crippen molar-refractivity contribution in [2.75, 3.05) is 20.8 Å². The molecular weight excluding hydrogens is 228 g/mol. The molecule has 0 bridgehead atoms. The normalized spacial score (nSPS) is 15.5. The number of benzene rings is 1. The van der Waals surface area contributed by atoms with Gasteiger partial charge in [-0.1, -0.05) is 30.3 Å². The smallest absolute Gasteiger partial charge is 0.341 e. The van der Waals surface area contributed by atoms with Crippen LogP contribution in [0.25, 0.3) is 0 Å². The maximum Gasteiger partial charge on any atom is 0.341 e. The molecule has 0 saturated carbocycles. The van der Waals surface area contributed by atoms with E-state index in [0.717, 1.165) is 11.3 Å². The van der Waals surface area contributed by atoms with Crippen molar-refractivity contribution in [3.05, 3.63) is 47.2 Å². The van der Waals surface area contributed by atoms with Gasteiger partial charge in [0.05, 0.1) is 12.8 Å². The molecule has 1 heterocycles. The lowest BCUT2D eigenvalue weighted by atomic mass is 9.99. The lowest BCUT2D eigenvalue weighted by Crippen LogP contribution is -2.30. The average Bonchev–Trinajstić information content (AvgIpc) is 2.42. The van der Waals surface area contributed by atoms with Crippen LogP contribution in [-0.4, -0.2) is 37.4 Å². The van der Waals surface area contributed by atoms with Crippen molar-refractivity contribution in [2.45, 2.75) is 6.92 Å². The summed E-state index contributed by atoms with van der Waals surface area (Å²) in [5.41, 5.74) is 3.07. The van der Waals surface area contributed by atoms with Gasteiger partial charge in [0.15, 0.2) is 0 Å². The molecule has 0 saturated heterocycles. The monoisotopic (exact) mass is 244 g/mol. The molecule has 18 heavy (non-hydrogen) atoms. The standard InChI is InChI=1S/C14H16N2O2/c1-10-12(14(17)18-3)13(15-9-16(10)2)11-7-5-4-6-8-11/h4-8H,9H2,1-3H3. The molecule has 1 aliphatic heterocycles.